The molecule has 1 fully saturated rings. The van der Waals surface area contributed by atoms with Gasteiger partial charge in [0.15, 0.2) is 0 Å². The van der Waals surface area contributed by atoms with Gasteiger partial charge in [-0.1, -0.05) is 19.3 Å². The van der Waals surface area contributed by atoms with E-state index in [1.807, 2.05) is 0 Å². The van der Waals surface area contributed by atoms with Crippen LogP contribution >= 0.6 is 11.8 Å². The van der Waals surface area contributed by atoms with E-state index in [4.69, 9.17) is 0 Å². The summed E-state index contributed by atoms with van der Waals surface area (Å²) in [5.74, 6) is -1.53. The number of amides is 1. The molecule has 1 aliphatic carbocycles. The van der Waals surface area contributed by atoms with Crippen LogP contribution in [0.3, 0.4) is 0 Å². The molecule has 6 heteroatoms. The second kappa shape index (κ2) is 7.22. The van der Waals surface area contributed by atoms with Gasteiger partial charge in [0.25, 0.3) is 0 Å². The third kappa shape index (κ3) is 4.97. The lowest BCUT2D eigenvalue weighted by molar-refractivity contribution is -0.120. The first-order valence-corrected chi connectivity index (χ1v) is 8.04. The van der Waals surface area contributed by atoms with E-state index in [0.29, 0.717) is 12.8 Å². The van der Waals surface area contributed by atoms with E-state index < -0.39 is 17.2 Å². The number of carbonyl (C=O) groups is 1. The van der Waals surface area contributed by atoms with Crippen molar-refractivity contribution in [2.75, 3.05) is 12.3 Å². The maximum Gasteiger partial charge on any atom is 0.230 e. The molecule has 2 N–H and O–H groups in total. The first-order chi connectivity index (χ1) is 9.98. The van der Waals surface area contributed by atoms with Crippen molar-refractivity contribution in [2.45, 2.75) is 42.6 Å². The zero-order valence-electron chi connectivity index (χ0n) is 11.7. The Kier molecular flexibility index (Phi) is 5.58. The second-order valence-electron chi connectivity index (χ2n) is 5.43. The molecule has 21 heavy (non-hydrogen) atoms. The van der Waals surface area contributed by atoms with Crippen LogP contribution in [-0.4, -0.2) is 28.9 Å². The fourth-order valence-electron chi connectivity index (χ4n) is 2.44. The highest BCUT2D eigenvalue weighted by molar-refractivity contribution is 8.00. The van der Waals surface area contributed by atoms with Gasteiger partial charge in [0, 0.05) is 17.5 Å². The molecule has 0 spiro atoms. The number of carbonyl (C=O) groups excluding carboxylic acids is 1. The molecule has 0 unspecified atom stereocenters. The molecule has 2 rings (SSSR count). The van der Waals surface area contributed by atoms with Crippen molar-refractivity contribution in [3.05, 3.63) is 29.8 Å². The van der Waals surface area contributed by atoms with Gasteiger partial charge < -0.3 is 10.4 Å². The SMILES string of the molecule is O=C(CSc1ccc(F)cc1F)NCC1(O)CCCCC1. The van der Waals surface area contributed by atoms with Crippen molar-refractivity contribution < 1.29 is 18.7 Å². The van der Waals surface area contributed by atoms with Crippen molar-refractivity contribution in [1.82, 2.24) is 5.32 Å². The zero-order valence-corrected chi connectivity index (χ0v) is 12.5. The molecule has 0 saturated heterocycles. The quantitative estimate of drug-likeness (QED) is 0.822. The third-order valence-electron chi connectivity index (χ3n) is 3.65. The molecular formula is C15H19F2NO2S. The molecule has 0 heterocycles. The number of thioether (sulfide) groups is 1. The van der Waals surface area contributed by atoms with Crippen LogP contribution in [0.4, 0.5) is 8.78 Å². The van der Waals surface area contributed by atoms with Gasteiger partial charge in [-0.15, -0.1) is 11.8 Å². The summed E-state index contributed by atoms with van der Waals surface area (Å²) < 4.78 is 26.2. The Morgan fingerprint density at radius 2 is 2.00 bits per heavy atom. The Balaban J connectivity index is 1.77. The van der Waals surface area contributed by atoms with Crippen LogP contribution in [0.25, 0.3) is 0 Å². The lowest BCUT2D eigenvalue weighted by Crippen LogP contribution is -2.44. The van der Waals surface area contributed by atoms with Crippen LogP contribution in [0.2, 0.25) is 0 Å². The monoisotopic (exact) mass is 315 g/mol. The Hall–Kier alpha value is -1.14. The van der Waals surface area contributed by atoms with E-state index in [-0.39, 0.29) is 23.1 Å². The first kappa shape index (κ1) is 16.2. The molecule has 116 valence electrons. The Bertz CT molecular complexity index is 504. The van der Waals surface area contributed by atoms with Crippen LogP contribution < -0.4 is 5.32 Å². The van der Waals surface area contributed by atoms with Gasteiger partial charge in [0.1, 0.15) is 11.6 Å². The minimum Gasteiger partial charge on any atom is -0.388 e. The normalized spacial score (nSPS) is 17.5. The lowest BCUT2D eigenvalue weighted by Gasteiger charge is -2.32. The predicted molar refractivity (Wildman–Crippen MR) is 78.1 cm³/mol. The Morgan fingerprint density at radius 3 is 2.67 bits per heavy atom. The Morgan fingerprint density at radius 1 is 1.29 bits per heavy atom. The summed E-state index contributed by atoms with van der Waals surface area (Å²) in [6.45, 7) is 0.234. The largest absolute Gasteiger partial charge is 0.388 e. The summed E-state index contributed by atoms with van der Waals surface area (Å²) >= 11 is 1.01. The van der Waals surface area contributed by atoms with E-state index in [2.05, 4.69) is 5.32 Å². The molecule has 0 bridgehead atoms. The van der Waals surface area contributed by atoms with Crippen LogP contribution in [-0.2, 0) is 4.79 Å². The summed E-state index contributed by atoms with van der Waals surface area (Å²) in [4.78, 5) is 12.0. The maximum absolute atomic E-state index is 13.4. The number of halogens is 2. The summed E-state index contributed by atoms with van der Waals surface area (Å²) in [6, 6.07) is 3.27. The van der Waals surface area contributed by atoms with Gasteiger partial charge >= 0.3 is 0 Å². The van der Waals surface area contributed by atoms with Crippen molar-refractivity contribution in [1.29, 1.82) is 0 Å². The number of nitrogens with one attached hydrogen (secondary N) is 1. The van der Waals surface area contributed by atoms with E-state index in [1.165, 1.54) is 6.07 Å². The minimum atomic E-state index is -0.806. The highest BCUT2D eigenvalue weighted by atomic mass is 32.2. The van der Waals surface area contributed by atoms with Gasteiger partial charge in [-0.2, -0.15) is 0 Å². The molecule has 1 aliphatic rings. The average molecular weight is 315 g/mol. The molecular weight excluding hydrogens is 296 g/mol. The highest BCUT2D eigenvalue weighted by Gasteiger charge is 2.29. The Labute approximate surface area is 127 Å². The third-order valence-corrected chi connectivity index (χ3v) is 4.70. The number of rotatable bonds is 5. The minimum absolute atomic E-state index is 0.0403. The van der Waals surface area contributed by atoms with Gasteiger partial charge in [0.05, 0.1) is 11.4 Å². The average Bonchev–Trinajstić information content (AvgIpc) is 2.45. The predicted octanol–water partition coefficient (Wildman–Crippen LogP) is 2.87. The second-order valence-corrected chi connectivity index (χ2v) is 6.44. The van der Waals surface area contributed by atoms with Crippen molar-refractivity contribution in [3.8, 4) is 0 Å². The van der Waals surface area contributed by atoms with Gasteiger partial charge in [-0.25, -0.2) is 8.78 Å². The molecule has 0 aromatic heterocycles. The number of aliphatic hydroxyl groups is 1. The standard InChI is InChI=1S/C15H19F2NO2S/c16-11-4-5-13(12(17)8-11)21-9-14(19)18-10-15(20)6-2-1-3-7-15/h4-5,8,20H,1-3,6-7,9-10H2,(H,18,19). The fourth-order valence-corrected chi connectivity index (χ4v) is 3.19. The van der Waals surface area contributed by atoms with Crippen molar-refractivity contribution in [2.24, 2.45) is 0 Å². The first-order valence-electron chi connectivity index (χ1n) is 7.05. The molecule has 3 nitrogen and oxygen atoms in total. The van der Waals surface area contributed by atoms with Crippen LogP contribution in [0.5, 0.6) is 0 Å². The topological polar surface area (TPSA) is 49.3 Å². The fraction of sp³-hybridized carbons (Fsp3) is 0.533. The molecule has 0 aliphatic heterocycles. The summed E-state index contributed by atoms with van der Waals surface area (Å²) in [6.07, 6.45) is 4.47. The maximum atomic E-state index is 13.4. The van der Waals surface area contributed by atoms with Gasteiger partial charge in [-0.05, 0) is 25.0 Å². The van der Waals surface area contributed by atoms with Crippen molar-refractivity contribution in [3.63, 3.8) is 0 Å². The lowest BCUT2D eigenvalue weighted by atomic mass is 9.85. The van der Waals surface area contributed by atoms with Crippen LogP contribution in [0.1, 0.15) is 32.1 Å². The van der Waals surface area contributed by atoms with Crippen LogP contribution in [0, 0.1) is 11.6 Å². The highest BCUT2D eigenvalue weighted by Crippen LogP contribution is 2.27. The van der Waals surface area contributed by atoms with E-state index in [9.17, 15) is 18.7 Å². The van der Waals surface area contributed by atoms with Gasteiger partial charge in [-0.3, -0.25) is 4.79 Å². The summed E-state index contributed by atoms with van der Waals surface area (Å²) in [7, 11) is 0. The smallest absolute Gasteiger partial charge is 0.230 e. The van der Waals surface area contributed by atoms with Crippen molar-refractivity contribution >= 4 is 17.7 Å². The summed E-state index contributed by atoms with van der Waals surface area (Å²) in [5.41, 5.74) is -0.806. The summed E-state index contributed by atoms with van der Waals surface area (Å²) in [5, 5.41) is 12.9. The molecule has 1 saturated carbocycles. The molecule has 1 aromatic carbocycles. The molecule has 1 aromatic rings. The number of benzene rings is 1. The van der Waals surface area contributed by atoms with E-state index in [0.717, 1.165) is 43.2 Å². The zero-order chi connectivity index (χ0) is 15.3. The molecule has 0 radical (unpaired) electrons. The van der Waals surface area contributed by atoms with E-state index in [1.54, 1.807) is 0 Å². The number of hydrogen-bond donors (Lipinski definition) is 2. The molecule has 0 atom stereocenters. The van der Waals surface area contributed by atoms with Crippen LogP contribution in [0.15, 0.2) is 23.1 Å². The van der Waals surface area contributed by atoms with Gasteiger partial charge in [0.2, 0.25) is 5.91 Å². The molecule has 1 amide bonds. The van der Waals surface area contributed by atoms with E-state index >= 15 is 0 Å². The number of hydrogen-bond acceptors (Lipinski definition) is 3.